The number of nitrogens with one attached hydrogen (secondary N) is 1. The van der Waals surface area contributed by atoms with Gasteiger partial charge in [-0.15, -0.1) is 0 Å². The Hall–Kier alpha value is -4.47. The van der Waals surface area contributed by atoms with Crippen molar-refractivity contribution in [2.24, 2.45) is 5.92 Å². The van der Waals surface area contributed by atoms with Crippen LogP contribution < -0.4 is 15.8 Å². The molecule has 2 amide bonds. The Balaban J connectivity index is 1.14. The minimum atomic E-state index is -0.267. The summed E-state index contributed by atoms with van der Waals surface area (Å²) < 4.78 is 7.61. The van der Waals surface area contributed by atoms with E-state index >= 15 is 0 Å². The van der Waals surface area contributed by atoms with E-state index in [0.29, 0.717) is 29.5 Å². The smallest absolute Gasteiger partial charge is 0.256 e. The first-order chi connectivity index (χ1) is 19.9. The molecule has 7 rings (SSSR count). The van der Waals surface area contributed by atoms with Crippen LogP contribution in [0.15, 0.2) is 54.9 Å². The summed E-state index contributed by atoms with van der Waals surface area (Å²) in [6.07, 6.45) is 9.60. The van der Waals surface area contributed by atoms with Crippen molar-refractivity contribution in [2.75, 3.05) is 17.6 Å². The Labute approximate surface area is 237 Å². The standard InChI is InChI=1S/C31H33N7O3/c1-18-2-3-21(17-37(18)31(40)20-4-5-20)27-25-13-15-34-29(32)28(25)38(36-27)22-8-6-19(7-9-22)30(39)35-26-16-24(12-14-33-26)41-23-10-11-23/h6-9,12-16,18,20-21,23H,2-5,10-11,17H2,1H3,(H2,32,34)(H,33,35,39)/t18-,21+/m0/s1. The van der Waals surface area contributed by atoms with Crippen molar-refractivity contribution in [2.45, 2.75) is 63.5 Å². The highest BCUT2D eigenvalue weighted by molar-refractivity contribution is 6.04. The molecule has 3 N–H and O–H groups in total. The van der Waals surface area contributed by atoms with Gasteiger partial charge in [0.05, 0.1) is 17.5 Å². The maximum atomic E-state index is 13.0. The molecular formula is C31H33N7O3. The largest absolute Gasteiger partial charge is 0.490 e. The number of hydrogen-bond acceptors (Lipinski definition) is 7. The summed E-state index contributed by atoms with van der Waals surface area (Å²) in [6.45, 7) is 2.80. The first-order valence-electron chi connectivity index (χ1n) is 14.4. The summed E-state index contributed by atoms with van der Waals surface area (Å²) in [7, 11) is 0. The average Bonchev–Trinajstić information content (AvgIpc) is 3.92. The number of pyridine rings is 2. The van der Waals surface area contributed by atoms with Gasteiger partial charge < -0.3 is 20.7 Å². The van der Waals surface area contributed by atoms with Crippen LogP contribution in [-0.4, -0.2) is 55.2 Å². The highest BCUT2D eigenvalue weighted by atomic mass is 16.5. The number of benzene rings is 1. The topological polar surface area (TPSA) is 128 Å². The quantitative estimate of drug-likeness (QED) is 0.341. The summed E-state index contributed by atoms with van der Waals surface area (Å²) in [6, 6.07) is 12.9. The van der Waals surface area contributed by atoms with Crippen LogP contribution >= 0.6 is 0 Å². The van der Waals surface area contributed by atoms with E-state index in [2.05, 4.69) is 27.1 Å². The lowest BCUT2D eigenvalue weighted by Crippen LogP contribution is -2.45. The van der Waals surface area contributed by atoms with Gasteiger partial charge in [-0.2, -0.15) is 5.10 Å². The number of nitrogens with two attached hydrogens (primary N) is 1. The Morgan fingerprint density at radius 3 is 2.51 bits per heavy atom. The number of carbonyl (C=O) groups excluding carboxylic acids is 2. The van der Waals surface area contributed by atoms with Crippen molar-refractivity contribution in [3.8, 4) is 11.4 Å². The van der Waals surface area contributed by atoms with E-state index in [4.69, 9.17) is 15.6 Å². The lowest BCUT2D eigenvalue weighted by Gasteiger charge is -2.37. The maximum Gasteiger partial charge on any atom is 0.256 e. The van der Waals surface area contributed by atoms with E-state index in [0.717, 1.165) is 60.8 Å². The summed E-state index contributed by atoms with van der Waals surface area (Å²) >= 11 is 0. The van der Waals surface area contributed by atoms with E-state index in [1.807, 2.05) is 18.2 Å². The molecule has 210 valence electrons. The van der Waals surface area contributed by atoms with Crippen molar-refractivity contribution in [3.05, 3.63) is 66.1 Å². The average molecular weight is 552 g/mol. The number of piperidine rings is 1. The lowest BCUT2D eigenvalue weighted by molar-refractivity contribution is -0.136. The molecule has 41 heavy (non-hydrogen) atoms. The number of fused-ring (bicyclic) bond motifs is 1. The van der Waals surface area contributed by atoms with E-state index in [9.17, 15) is 9.59 Å². The van der Waals surface area contributed by atoms with Crippen molar-refractivity contribution in [3.63, 3.8) is 0 Å². The molecule has 0 bridgehead atoms. The molecule has 2 saturated carbocycles. The number of nitrogens with zero attached hydrogens (tertiary/aromatic N) is 5. The minimum absolute atomic E-state index is 0.108. The third-order valence-corrected chi connectivity index (χ3v) is 8.30. The van der Waals surface area contributed by atoms with E-state index < -0.39 is 0 Å². The molecule has 2 atom stereocenters. The highest BCUT2D eigenvalue weighted by Gasteiger charge is 2.39. The molecule has 3 fully saturated rings. The number of carbonyl (C=O) groups is 2. The predicted octanol–water partition coefficient (Wildman–Crippen LogP) is 4.70. The molecule has 0 radical (unpaired) electrons. The van der Waals surface area contributed by atoms with Crippen LogP contribution in [0.3, 0.4) is 0 Å². The van der Waals surface area contributed by atoms with Crippen LogP contribution in [0.4, 0.5) is 11.6 Å². The van der Waals surface area contributed by atoms with Gasteiger partial charge in [0.25, 0.3) is 5.91 Å². The molecule has 1 saturated heterocycles. The number of hydrogen-bond donors (Lipinski definition) is 2. The Kier molecular flexibility index (Phi) is 6.33. The molecule has 3 aliphatic rings. The van der Waals surface area contributed by atoms with E-state index in [1.54, 1.807) is 41.3 Å². The Morgan fingerprint density at radius 1 is 0.976 bits per heavy atom. The minimum Gasteiger partial charge on any atom is -0.490 e. The van der Waals surface area contributed by atoms with Crippen molar-refractivity contribution >= 4 is 34.4 Å². The zero-order valence-corrected chi connectivity index (χ0v) is 23.0. The number of nitrogen functional groups attached to an aromatic ring is 1. The molecule has 0 spiro atoms. The molecule has 4 heterocycles. The maximum absolute atomic E-state index is 13.0. The van der Waals surface area contributed by atoms with Gasteiger partial charge in [0.2, 0.25) is 5.91 Å². The summed E-state index contributed by atoms with van der Waals surface area (Å²) in [5, 5.41) is 8.83. The van der Waals surface area contributed by atoms with Gasteiger partial charge in [-0.25, -0.2) is 14.6 Å². The second-order valence-electron chi connectivity index (χ2n) is 11.5. The van der Waals surface area contributed by atoms with Gasteiger partial charge in [-0.3, -0.25) is 9.59 Å². The van der Waals surface area contributed by atoms with Crippen LogP contribution in [0.2, 0.25) is 0 Å². The van der Waals surface area contributed by atoms with Crippen LogP contribution in [0.5, 0.6) is 5.75 Å². The summed E-state index contributed by atoms with van der Waals surface area (Å²) in [5.41, 5.74) is 9.29. The number of likely N-dealkylation sites (tertiary alicyclic amines) is 1. The van der Waals surface area contributed by atoms with Crippen LogP contribution in [0.25, 0.3) is 16.6 Å². The second kappa shape index (κ2) is 10.2. The fourth-order valence-electron chi connectivity index (χ4n) is 5.68. The van der Waals surface area contributed by atoms with Crippen LogP contribution in [-0.2, 0) is 4.79 Å². The second-order valence-corrected chi connectivity index (χ2v) is 11.5. The van der Waals surface area contributed by atoms with E-state index in [-0.39, 0.29) is 35.8 Å². The molecule has 3 aromatic heterocycles. The first-order valence-corrected chi connectivity index (χ1v) is 14.4. The zero-order chi connectivity index (χ0) is 28.1. The summed E-state index contributed by atoms with van der Waals surface area (Å²) in [5.74, 6) is 1.84. The van der Waals surface area contributed by atoms with Gasteiger partial charge >= 0.3 is 0 Å². The van der Waals surface area contributed by atoms with Crippen LogP contribution in [0.1, 0.15) is 67.4 Å². The molecular weight excluding hydrogens is 518 g/mol. The normalized spacial score (nSPS) is 20.7. The predicted molar refractivity (Wildman–Crippen MR) is 155 cm³/mol. The number of rotatable bonds is 7. The zero-order valence-electron chi connectivity index (χ0n) is 23.0. The van der Waals surface area contributed by atoms with Gasteiger partial charge in [0.15, 0.2) is 0 Å². The van der Waals surface area contributed by atoms with Gasteiger partial charge in [-0.05, 0) is 81.8 Å². The Morgan fingerprint density at radius 2 is 1.76 bits per heavy atom. The Bertz CT molecular complexity index is 1620. The fraction of sp³-hybridized carbons (Fsp3) is 0.387. The van der Waals surface area contributed by atoms with Crippen LogP contribution in [0, 0.1) is 5.92 Å². The molecule has 4 aromatic rings. The van der Waals surface area contributed by atoms with Crippen molar-refractivity contribution in [1.29, 1.82) is 0 Å². The fourth-order valence-corrected chi connectivity index (χ4v) is 5.68. The third-order valence-electron chi connectivity index (χ3n) is 8.30. The van der Waals surface area contributed by atoms with Crippen molar-refractivity contribution in [1.82, 2.24) is 24.6 Å². The molecule has 0 unspecified atom stereocenters. The molecule has 1 aliphatic heterocycles. The number of amides is 2. The van der Waals surface area contributed by atoms with Gasteiger partial charge in [0, 0.05) is 53.8 Å². The number of aromatic nitrogens is 4. The lowest BCUT2D eigenvalue weighted by atomic mass is 9.89. The van der Waals surface area contributed by atoms with Gasteiger partial charge in [-0.1, -0.05) is 0 Å². The van der Waals surface area contributed by atoms with Gasteiger partial charge in [0.1, 0.15) is 22.9 Å². The first kappa shape index (κ1) is 25.5. The van der Waals surface area contributed by atoms with Crippen molar-refractivity contribution < 1.29 is 14.3 Å². The highest BCUT2D eigenvalue weighted by Crippen LogP contribution is 2.39. The van der Waals surface area contributed by atoms with E-state index in [1.165, 1.54) is 0 Å². The molecule has 10 heteroatoms. The number of anilines is 2. The SMILES string of the molecule is C[C@H]1CC[C@@H](c2nn(-c3ccc(C(=O)Nc4cc(OC5CC5)ccn4)cc3)c3c(N)nccc23)CN1C(=O)C1CC1. The monoisotopic (exact) mass is 551 g/mol. The summed E-state index contributed by atoms with van der Waals surface area (Å²) in [4.78, 5) is 36.6. The molecule has 1 aromatic carbocycles. The molecule has 2 aliphatic carbocycles. The number of ether oxygens (including phenoxy) is 1. The molecule has 10 nitrogen and oxygen atoms in total. The third kappa shape index (κ3) is 5.10.